The van der Waals surface area contributed by atoms with Crippen molar-refractivity contribution in [2.75, 3.05) is 20.0 Å². The Bertz CT molecular complexity index is 1380. The minimum atomic E-state index is -4.08. The van der Waals surface area contributed by atoms with Gasteiger partial charge in [0.25, 0.3) is 15.9 Å². The molecule has 9 nitrogen and oxygen atoms in total. The van der Waals surface area contributed by atoms with Gasteiger partial charge in [-0.3, -0.25) is 18.6 Å². The van der Waals surface area contributed by atoms with E-state index in [2.05, 4.69) is 0 Å². The molecule has 2 atom stereocenters. The van der Waals surface area contributed by atoms with Crippen LogP contribution in [0.1, 0.15) is 24.8 Å². The van der Waals surface area contributed by atoms with Crippen LogP contribution >= 0.6 is 0 Å². The second-order valence-electron chi connectivity index (χ2n) is 9.12. The smallest absolute Gasteiger partial charge is 0.323 e. The number of sulfonamides is 1. The minimum Gasteiger partial charge on any atom is -0.468 e. The van der Waals surface area contributed by atoms with E-state index in [1.807, 2.05) is 23.8 Å². The molecule has 39 heavy (non-hydrogen) atoms. The first-order valence-corrected chi connectivity index (χ1v) is 14.9. The summed E-state index contributed by atoms with van der Waals surface area (Å²) in [6.45, 7) is 1.94. The Morgan fingerprint density at radius 1 is 1.03 bits per heavy atom. The predicted molar refractivity (Wildman–Crippen MR) is 145 cm³/mol. The highest BCUT2D eigenvalue weighted by atomic mass is 32.2. The lowest BCUT2D eigenvalue weighted by Crippen LogP contribution is -2.39. The molecule has 208 valence electrons. The third-order valence-electron chi connectivity index (χ3n) is 6.46. The summed E-state index contributed by atoms with van der Waals surface area (Å²) in [6, 6.07) is 14.8. The maximum absolute atomic E-state index is 12.7. The summed E-state index contributed by atoms with van der Waals surface area (Å²) in [5.74, 6) is -2.68. The van der Waals surface area contributed by atoms with Gasteiger partial charge in [-0.1, -0.05) is 53.6 Å². The molecular weight excluding hydrogens is 542 g/mol. The van der Waals surface area contributed by atoms with Gasteiger partial charge in [0.05, 0.1) is 29.9 Å². The molecule has 0 spiro atoms. The standard InChI is InChI=1S/C28H31NO8S2/c1-20-11-14-23(15-12-20)38(33)17-7-8-21-18-28(26(31)36-2,27(32)37-3)19-22(21)13-16-25(30)29-39(34,35)24-9-5-4-6-10-24/h4-6,8-16,22H,7,17-19H2,1-3H3,(H,29,30)/b16-13+,21-8-. The molecule has 2 aromatic rings. The number of ether oxygens (including phenoxy) is 2. The highest BCUT2D eigenvalue weighted by Crippen LogP contribution is 2.48. The van der Waals surface area contributed by atoms with Crippen LogP contribution in [-0.4, -0.2) is 50.4 Å². The number of rotatable bonds is 10. The van der Waals surface area contributed by atoms with Gasteiger partial charge in [0, 0.05) is 16.7 Å². The molecule has 1 aliphatic rings. The van der Waals surface area contributed by atoms with Gasteiger partial charge in [0.2, 0.25) is 0 Å². The Kier molecular flexibility index (Phi) is 9.98. The summed E-state index contributed by atoms with van der Waals surface area (Å²) in [5, 5.41) is 0. The zero-order chi connectivity index (χ0) is 28.6. The van der Waals surface area contributed by atoms with E-state index in [-0.39, 0.29) is 17.7 Å². The fourth-order valence-corrected chi connectivity index (χ4v) is 6.42. The Morgan fingerprint density at radius 3 is 2.23 bits per heavy atom. The molecule has 0 bridgehead atoms. The van der Waals surface area contributed by atoms with Gasteiger partial charge in [-0.2, -0.15) is 0 Å². The summed E-state index contributed by atoms with van der Waals surface area (Å²) in [5.41, 5.74) is 0.0928. The zero-order valence-corrected chi connectivity index (χ0v) is 23.5. The van der Waals surface area contributed by atoms with Crippen molar-refractivity contribution in [2.45, 2.75) is 36.0 Å². The zero-order valence-electron chi connectivity index (χ0n) is 21.9. The molecule has 0 saturated heterocycles. The van der Waals surface area contributed by atoms with Crippen molar-refractivity contribution in [2.24, 2.45) is 11.3 Å². The van der Waals surface area contributed by atoms with Crippen LogP contribution in [0.2, 0.25) is 0 Å². The van der Waals surface area contributed by atoms with Crippen LogP contribution < -0.4 is 4.72 Å². The lowest BCUT2D eigenvalue weighted by atomic mass is 9.85. The van der Waals surface area contributed by atoms with Crippen LogP contribution in [-0.2, 0) is 44.7 Å². The number of hydrogen-bond acceptors (Lipinski definition) is 8. The van der Waals surface area contributed by atoms with Crippen LogP contribution in [0, 0.1) is 18.3 Å². The van der Waals surface area contributed by atoms with E-state index >= 15 is 0 Å². The molecule has 1 amide bonds. The fraction of sp³-hybridized carbons (Fsp3) is 0.321. The molecule has 2 unspecified atom stereocenters. The van der Waals surface area contributed by atoms with E-state index in [1.165, 1.54) is 44.6 Å². The van der Waals surface area contributed by atoms with Crippen LogP contribution in [0.4, 0.5) is 0 Å². The maximum atomic E-state index is 12.7. The van der Waals surface area contributed by atoms with E-state index in [4.69, 9.17) is 9.47 Å². The predicted octanol–water partition coefficient (Wildman–Crippen LogP) is 3.22. The van der Waals surface area contributed by atoms with E-state index in [9.17, 15) is 27.0 Å². The normalized spacial score (nSPS) is 18.5. The number of carbonyl (C=O) groups is 3. The molecule has 1 N–H and O–H groups in total. The van der Waals surface area contributed by atoms with Crippen molar-refractivity contribution in [3.8, 4) is 0 Å². The minimum absolute atomic E-state index is 0.0115. The first-order chi connectivity index (χ1) is 18.5. The summed E-state index contributed by atoms with van der Waals surface area (Å²) in [6.07, 6.45) is 4.65. The van der Waals surface area contributed by atoms with Gasteiger partial charge < -0.3 is 9.47 Å². The number of nitrogens with one attached hydrogen (secondary N) is 1. The van der Waals surface area contributed by atoms with Gasteiger partial charge in [-0.25, -0.2) is 13.1 Å². The number of carbonyl (C=O) groups excluding carboxylic acids is 3. The monoisotopic (exact) mass is 573 g/mol. The van der Waals surface area contributed by atoms with E-state index < -0.39 is 50.0 Å². The average Bonchev–Trinajstić information content (AvgIpc) is 3.31. The van der Waals surface area contributed by atoms with Crippen molar-refractivity contribution in [3.05, 3.63) is 84.0 Å². The quantitative estimate of drug-likeness (QED) is 0.198. The third kappa shape index (κ3) is 7.30. The molecular formula is C28H31NO8S2. The highest BCUT2D eigenvalue weighted by Gasteiger charge is 2.54. The van der Waals surface area contributed by atoms with Gasteiger partial charge in [-0.05, 0) is 56.4 Å². The van der Waals surface area contributed by atoms with Crippen LogP contribution in [0.15, 0.2) is 88.2 Å². The maximum Gasteiger partial charge on any atom is 0.323 e. The van der Waals surface area contributed by atoms with Gasteiger partial charge in [-0.15, -0.1) is 0 Å². The van der Waals surface area contributed by atoms with Gasteiger partial charge in [0.1, 0.15) is 0 Å². The van der Waals surface area contributed by atoms with Gasteiger partial charge >= 0.3 is 11.9 Å². The summed E-state index contributed by atoms with van der Waals surface area (Å²) in [4.78, 5) is 38.6. The Morgan fingerprint density at radius 2 is 1.64 bits per heavy atom. The van der Waals surface area contributed by atoms with Crippen molar-refractivity contribution in [1.82, 2.24) is 4.72 Å². The van der Waals surface area contributed by atoms with E-state index in [0.29, 0.717) is 22.6 Å². The van der Waals surface area contributed by atoms with E-state index in [1.54, 1.807) is 24.3 Å². The molecule has 2 aromatic carbocycles. The molecule has 1 fully saturated rings. The lowest BCUT2D eigenvalue weighted by Gasteiger charge is -2.22. The Hall–Kier alpha value is -3.57. The van der Waals surface area contributed by atoms with Crippen molar-refractivity contribution < 1.29 is 36.5 Å². The number of hydrogen-bond donors (Lipinski definition) is 1. The molecule has 3 rings (SSSR count). The number of methoxy groups -OCH3 is 2. The number of esters is 2. The van der Waals surface area contributed by atoms with Crippen molar-refractivity contribution in [1.29, 1.82) is 0 Å². The average molecular weight is 574 g/mol. The van der Waals surface area contributed by atoms with Crippen molar-refractivity contribution >= 4 is 38.7 Å². The molecule has 1 aliphatic carbocycles. The first-order valence-electron chi connectivity index (χ1n) is 12.1. The second-order valence-corrected chi connectivity index (χ2v) is 12.4. The third-order valence-corrected chi connectivity index (χ3v) is 9.23. The number of allylic oxidation sites excluding steroid dienone is 3. The van der Waals surface area contributed by atoms with E-state index in [0.717, 1.165) is 11.6 Å². The lowest BCUT2D eigenvalue weighted by molar-refractivity contribution is -0.168. The molecule has 0 aliphatic heterocycles. The van der Waals surface area contributed by atoms with Crippen LogP contribution in [0.5, 0.6) is 0 Å². The molecule has 0 radical (unpaired) electrons. The molecule has 1 saturated carbocycles. The highest BCUT2D eigenvalue weighted by molar-refractivity contribution is 7.90. The Labute approximate surface area is 230 Å². The van der Waals surface area contributed by atoms with Crippen LogP contribution in [0.3, 0.4) is 0 Å². The number of aryl methyl sites for hydroxylation is 1. The molecule has 11 heteroatoms. The number of amides is 1. The SMILES string of the molecule is COC(=O)C1(C(=O)OC)C/C(=C/CCS(=O)c2ccc(C)cc2)C(/C=C/C(=O)NS(=O)(=O)c2ccccc2)C1. The largest absolute Gasteiger partial charge is 0.468 e. The fourth-order valence-electron chi connectivity index (χ4n) is 4.45. The summed E-state index contributed by atoms with van der Waals surface area (Å²) >= 11 is 0. The first kappa shape index (κ1) is 30.0. The van der Waals surface area contributed by atoms with Gasteiger partial charge in [0.15, 0.2) is 5.41 Å². The summed E-state index contributed by atoms with van der Waals surface area (Å²) in [7, 11) is -2.99. The second kappa shape index (κ2) is 13.0. The topological polar surface area (TPSA) is 133 Å². The summed E-state index contributed by atoms with van der Waals surface area (Å²) < 4.78 is 49.5. The molecule has 0 aromatic heterocycles. The molecule has 0 heterocycles. The van der Waals surface area contributed by atoms with Crippen LogP contribution in [0.25, 0.3) is 0 Å². The number of benzene rings is 2. The van der Waals surface area contributed by atoms with Crippen molar-refractivity contribution in [3.63, 3.8) is 0 Å². The Balaban J connectivity index is 1.82.